The first-order valence-electron chi connectivity index (χ1n) is 7.86. The van der Waals surface area contributed by atoms with Crippen molar-refractivity contribution in [2.24, 2.45) is 0 Å². The van der Waals surface area contributed by atoms with Crippen molar-refractivity contribution in [3.8, 4) is 5.75 Å². The van der Waals surface area contributed by atoms with Crippen molar-refractivity contribution in [3.63, 3.8) is 0 Å². The highest BCUT2D eigenvalue weighted by Gasteiger charge is 2.17. The van der Waals surface area contributed by atoms with Crippen molar-refractivity contribution in [1.82, 2.24) is 0 Å². The average molecular weight is 318 g/mol. The standard InChI is InChI=1S/C18H22O5/c1-4-5-6-9-22-15-8-7-13-11(2)14(10-16(19)20)18(21)23-17(13)12(15)3/h7-8H,4-6,9-10H2,1-3H3,(H,19,20). The maximum absolute atomic E-state index is 12.1. The van der Waals surface area contributed by atoms with Gasteiger partial charge in [0, 0.05) is 10.9 Å². The van der Waals surface area contributed by atoms with E-state index in [9.17, 15) is 9.59 Å². The van der Waals surface area contributed by atoms with Crippen LogP contribution in [0.5, 0.6) is 5.75 Å². The molecule has 23 heavy (non-hydrogen) atoms. The lowest BCUT2D eigenvalue weighted by Crippen LogP contribution is -2.15. The van der Waals surface area contributed by atoms with Gasteiger partial charge >= 0.3 is 11.6 Å². The Morgan fingerprint density at radius 3 is 2.61 bits per heavy atom. The van der Waals surface area contributed by atoms with Crippen molar-refractivity contribution >= 4 is 16.9 Å². The molecule has 0 fully saturated rings. The van der Waals surface area contributed by atoms with Crippen molar-refractivity contribution in [1.29, 1.82) is 0 Å². The minimum absolute atomic E-state index is 0.195. The Balaban J connectivity index is 2.42. The van der Waals surface area contributed by atoms with E-state index in [1.54, 1.807) is 6.92 Å². The van der Waals surface area contributed by atoms with Crippen LogP contribution in [0, 0.1) is 13.8 Å². The predicted molar refractivity (Wildman–Crippen MR) is 88.3 cm³/mol. The number of aryl methyl sites for hydroxylation is 2. The van der Waals surface area contributed by atoms with E-state index in [0.717, 1.165) is 30.2 Å². The van der Waals surface area contributed by atoms with Gasteiger partial charge in [-0.3, -0.25) is 4.79 Å². The molecule has 0 bridgehead atoms. The summed E-state index contributed by atoms with van der Waals surface area (Å²) in [5.74, 6) is -0.352. The van der Waals surface area contributed by atoms with E-state index in [1.165, 1.54) is 0 Å². The Labute approximate surface area is 134 Å². The Morgan fingerprint density at radius 2 is 1.96 bits per heavy atom. The Bertz CT molecular complexity index is 773. The Hall–Kier alpha value is -2.30. The van der Waals surface area contributed by atoms with Crippen LogP contribution in [0.15, 0.2) is 21.3 Å². The number of ether oxygens (including phenoxy) is 1. The van der Waals surface area contributed by atoms with Crippen LogP contribution in [-0.2, 0) is 11.2 Å². The molecule has 0 aliphatic rings. The molecule has 1 heterocycles. The zero-order valence-electron chi connectivity index (χ0n) is 13.8. The molecule has 0 saturated carbocycles. The van der Waals surface area contributed by atoms with Gasteiger partial charge in [0.2, 0.25) is 0 Å². The summed E-state index contributed by atoms with van der Waals surface area (Å²) in [6.07, 6.45) is 2.88. The average Bonchev–Trinajstić information content (AvgIpc) is 2.50. The number of carboxylic acids is 1. The number of hydrogen-bond donors (Lipinski definition) is 1. The molecule has 0 radical (unpaired) electrons. The molecule has 2 rings (SSSR count). The number of benzene rings is 1. The molecule has 0 amide bonds. The molecule has 2 aromatic rings. The molecule has 0 saturated heterocycles. The molecule has 1 N–H and O–H groups in total. The van der Waals surface area contributed by atoms with E-state index in [-0.39, 0.29) is 12.0 Å². The first-order valence-corrected chi connectivity index (χ1v) is 7.86. The van der Waals surface area contributed by atoms with Gasteiger partial charge in [0.1, 0.15) is 11.3 Å². The van der Waals surface area contributed by atoms with Gasteiger partial charge in [-0.1, -0.05) is 19.8 Å². The zero-order chi connectivity index (χ0) is 17.0. The molecule has 0 aliphatic heterocycles. The summed E-state index contributed by atoms with van der Waals surface area (Å²) in [5.41, 5.74) is 1.49. The molecule has 0 unspecified atom stereocenters. The molecule has 0 spiro atoms. The maximum atomic E-state index is 12.1. The Kier molecular flexibility index (Phi) is 5.42. The summed E-state index contributed by atoms with van der Waals surface area (Å²) < 4.78 is 11.1. The topological polar surface area (TPSA) is 76.7 Å². The lowest BCUT2D eigenvalue weighted by molar-refractivity contribution is -0.136. The number of fused-ring (bicyclic) bond motifs is 1. The van der Waals surface area contributed by atoms with Crippen molar-refractivity contribution in [3.05, 3.63) is 39.2 Å². The highest BCUT2D eigenvalue weighted by atomic mass is 16.5. The smallest absolute Gasteiger partial charge is 0.340 e. The lowest BCUT2D eigenvalue weighted by Gasteiger charge is -2.12. The Morgan fingerprint density at radius 1 is 1.22 bits per heavy atom. The van der Waals surface area contributed by atoms with Crippen LogP contribution in [-0.4, -0.2) is 17.7 Å². The van der Waals surface area contributed by atoms with E-state index >= 15 is 0 Å². The lowest BCUT2D eigenvalue weighted by atomic mass is 10.0. The quantitative estimate of drug-likeness (QED) is 0.623. The molecule has 5 nitrogen and oxygen atoms in total. The van der Waals surface area contributed by atoms with Crippen molar-refractivity contribution in [2.45, 2.75) is 46.5 Å². The summed E-state index contributed by atoms with van der Waals surface area (Å²) in [6.45, 7) is 6.35. The number of aliphatic carboxylic acids is 1. The van der Waals surface area contributed by atoms with Gasteiger partial charge < -0.3 is 14.3 Å². The summed E-state index contributed by atoms with van der Waals surface area (Å²) >= 11 is 0. The molecule has 124 valence electrons. The first-order chi connectivity index (χ1) is 11.0. The van der Waals surface area contributed by atoms with Crippen molar-refractivity contribution < 1.29 is 19.1 Å². The number of carboxylic acid groups (broad SMARTS) is 1. The highest BCUT2D eigenvalue weighted by molar-refractivity contribution is 5.86. The normalized spacial score (nSPS) is 10.9. The molecular formula is C18H22O5. The van der Waals surface area contributed by atoms with Crippen LogP contribution in [0.4, 0.5) is 0 Å². The van der Waals surface area contributed by atoms with Gasteiger partial charge in [-0.25, -0.2) is 4.79 Å². The second-order valence-electron chi connectivity index (χ2n) is 5.68. The fourth-order valence-corrected chi connectivity index (χ4v) is 2.62. The van der Waals surface area contributed by atoms with Crippen molar-refractivity contribution in [2.75, 3.05) is 6.61 Å². The SMILES string of the molecule is CCCCCOc1ccc2c(C)c(CC(=O)O)c(=O)oc2c1C. The minimum Gasteiger partial charge on any atom is -0.493 e. The van der Waals surface area contributed by atoms with Crippen LogP contribution in [0.1, 0.15) is 42.9 Å². The van der Waals surface area contributed by atoms with Gasteiger partial charge in [-0.05, 0) is 38.0 Å². The van der Waals surface area contributed by atoms with E-state index in [2.05, 4.69) is 6.92 Å². The van der Waals surface area contributed by atoms with Crippen LogP contribution in [0.2, 0.25) is 0 Å². The van der Waals surface area contributed by atoms with Crippen LogP contribution >= 0.6 is 0 Å². The van der Waals surface area contributed by atoms with Crippen LogP contribution in [0.25, 0.3) is 11.0 Å². The third-order valence-corrected chi connectivity index (χ3v) is 3.99. The van der Waals surface area contributed by atoms with Crippen LogP contribution < -0.4 is 10.4 Å². The summed E-state index contributed by atoms with van der Waals surface area (Å²) in [6, 6.07) is 3.67. The molecular weight excluding hydrogens is 296 g/mol. The monoisotopic (exact) mass is 318 g/mol. The zero-order valence-corrected chi connectivity index (χ0v) is 13.8. The number of rotatable bonds is 7. The second kappa shape index (κ2) is 7.31. The largest absolute Gasteiger partial charge is 0.493 e. The van der Waals surface area contributed by atoms with Gasteiger partial charge in [-0.15, -0.1) is 0 Å². The first kappa shape index (κ1) is 17.1. The highest BCUT2D eigenvalue weighted by Crippen LogP contribution is 2.29. The van der Waals surface area contributed by atoms with Gasteiger partial charge in [0.25, 0.3) is 0 Å². The van der Waals surface area contributed by atoms with Crippen LogP contribution in [0.3, 0.4) is 0 Å². The minimum atomic E-state index is -1.05. The number of carbonyl (C=O) groups is 1. The van der Waals surface area contributed by atoms with Gasteiger partial charge in [0.15, 0.2) is 0 Å². The third kappa shape index (κ3) is 3.73. The van der Waals surface area contributed by atoms with Gasteiger partial charge in [-0.2, -0.15) is 0 Å². The van der Waals surface area contributed by atoms with E-state index in [1.807, 2.05) is 19.1 Å². The summed E-state index contributed by atoms with van der Waals surface area (Å²) in [4.78, 5) is 23.0. The predicted octanol–water partition coefficient (Wildman–Crippen LogP) is 3.61. The maximum Gasteiger partial charge on any atom is 0.340 e. The van der Waals surface area contributed by atoms with Gasteiger partial charge in [0.05, 0.1) is 18.6 Å². The molecule has 0 aliphatic carbocycles. The van der Waals surface area contributed by atoms with E-state index in [0.29, 0.717) is 23.5 Å². The third-order valence-electron chi connectivity index (χ3n) is 3.99. The molecule has 1 aromatic carbocycles. The molecule has 5 heteroatoms. The summed E-state index contributed by atoms with van der Waals surface area (Å²) in [5, 5.41) is 9.68. The summed E-state index contributed by atoms with van der Waals surface area (Å²) in [7, 11) is 0. The number of unbranched alkanes of at least 4 members (excludes halogenated alkanes) is 2. The second-order valence-corrected chi connectivity index (χ2v) is 5.68. The molecule has 0 atom stereocenters. The molecule has 1 aromatic heterocycles. The fourth-order valence-electron chi connectivity index (χ4n) is 2.62. The number of hydrogen-bond acceptors (Lipinski definition) is 4. The fraction of sp³-hybridized carbons (Fsp3) is 0.444. The van der Waals surface area contributed by atoms with E-state index < -0.39 is 11.6 Å². The van der Waals surface area contributed by atoms with E-state index in [4.69, 9.17) is 14.3 Å².